The molecule has 4 aromatic rings. The maximum Gasteiger partial charge on any atom is 0.119 e. The van der Waals surface area contributed by atoms with Gasteiger partial charge in [-0.25, -0.2) is 0 Å². The summed E-state index contributed by atoms with van der Waals surface area (Å²) >= 11 is 0. The molecule has 5 nitrogen and oxygen atoms in total. The maximum absolute atomic E-state index is 11.0. The maximum atomic E-state index is 11.0. The first kappa shape index (κ1) is 29.5. The first-order chi connectivity index (χ1) is 19.6. The normalized spacial score (nSPS) is 13.6. The lowest BCUT2D eigenvalue weighted by Gasteiger charge is -2.33. The Kier molecular flexibility index (Phi) is 11.8. The summed E-state index contributed by atoms with van der Waals surface area (Å²) in [5, 5.41) is 21.9. The van der Waals surface area contributed by atoms with Gasteiger partial charge in [0.05, 0.1) is 25.4 Å². The predicted molar refractivity (Wildman–Crippen MR) is 160 cm³/mol. The van der Waals surface area contributed by atoms with Crippen LogP contribution in [0.3, 0.4) is 0 Å². The lowest BCUT2D eigenvalue weighted by Crippen LogP contribution is -2.40. The minimum atomic E-state index is -0.641. The number of aliphatic hydroxyl groups excluding tert-OH is 2. The van der Waals surface area contributed by atoms with E-state index in [1.807, 2.05) is 91.0 Å². The van der Waals surface area contributed by atoms with Crippen LogP contribution in [0.1, 0.15) is 41.4 Å². The Morgan fingerprint density at radius 1 is 0.600 bits per heavy atom. The molecule has 0 fully saturated rings. The van der Waals surface area contributed by atoms with Crippen molar-refractivity contribution in [2.24, 2.45) is 0 Å². The quantitative estimate of drug-likeness (QED) is 0.170. The molecular formula is C35H41NO4. The van der Waals surface area contributed by atoms with E-state index in [4.69, 9.17) is 9.47 Å². The second-order valence-electron chi connectivity index (χ2n) is 10.2. The van der Waals surface area contributed by atoms with Crippen LogP contribution in [0.2, 0.25) is 0 Å². The summed E-state index contributed by atoms with van der Waals surface area (Å²) < 4.78 is 11.6. The van der Waals surface area contributed by atoms with Gasteiger partial charge in [0, 0.05) is 19.1 Å². The van der Waals surface area contributed by atoms with Crippen LogP contribution in [-0.2, 0) is 17.6 Å². The molecular weight excluding hydrogens is 498 g/mol. The van der Waals surface area contributed by atoms with Crippen molar-refractivity contribution in [2.45, 2.75) is 38.0 Å². The summed E-state index contributed by atoms with van der Waals surface area (Å²) in [6, 6.07) is 38.0. The van der Waals surface area contributed by atoms with E-state index >= 15 is 0 Å². The van der Waals surface area contributed by atoms with Gasteiger partial charge in [0.1, 0.15) is 12.4 Å². The summed E-state index contributed by atoms with van der Waals surface area (Å²) in [5.74, 6) is 0.818. The molecule has 3 atom stereocenters. The molecule has 2 N–H and O–H groups in total. The van der Waals surface area contributed by atoms with Gasteiger partial charge in [-0.2, -0.15) is 0 Å². The number of hydrogen-bond acceptors (Lipinski definition) is 5. The third kappa shape index (κ3) is 9.61. The fourth-order valence-electron chi connectivity index (χ4n) is 4.79. The van der Waals surface area contributed by atoms with E-state index in [-0.39, 0.29) is 6.04 Å². The van der Waals surface area contributed by atoms with Gasteiger partial charge < -0.3 is 19.7 Å². The minimum Gasteiger partial charge on any atom is -0.491 e. The first-order valence-electron chi connectivity index (χ1n) is 14.1. The zero-order chi connectivity index (χ0) is 28.0. The van der Waals surface area contributed by atoms with Gasteiger partial charge in [-0.1, -0.05) is 103 Å². The SMILES string of the molecule is C[C@H](Cc1ccc(OCCOCCc2ccccc2)cc1)N(CC(O)c1ccccc1)C[C@H](O)c1ccccc1. The number of nitrogens with zero attached hydrogens (tertiary/aromatic N) is 1. The Labute approximate surface area is 238 Å². The average Bonchev–Trinajstić information content (AvgIpc) is 3.00. The molecule has 0 spiro atoms. The molecule has 40 heavy (non-hydrogen) atoms. The molecule has 0 radical (unpaired) electrons. The van der Waals surface area contributed by atoms with E-state index in [1.165, 1.54) is 11.1 Å². The standard InChI is InChI=1S/C35H41NO4/c1-28(25-30-17-19-33(20-18-30)40-24-23-39-22-21-29-11-5-2-6-12-29)36(26-34(37)31-13-7-3-8-14-31)27-35(38)32-15-9-4-10-16-32/h2-20,28,34-35,37-38H,21-27H2,1H3/t28-,34+,35?/m1/s1. The highest BCUT2D eigenvalue weighted by Crippen LogP contribution is 2.22. The van der Waals surface area contributed by atoms with Crippen molar-refractivity contribution in [3.63, 3.8) is 0 Å². The van der Waals surface area contributed by atoms with E-state index in [0.717, 1.165) is 29.7 Å². The Bertz CT molecular complexity index is 1170. The Morgan fingerprint density at radius 2 is 1.12 bits per heavy atom. The Hall–Kier alpha value is -3.48. The van der Waals surface area contributed by atoms with E-state index in [2.05, 4.69) is 36.1 Å². The summed E-state index contributed by atoms with van der Waals surface area (Å²) in [7, 11) is 0. The third-order valence-corrected chi connectivity index (χ3v) is 7.14. The van der Waals surface area contributed by atoms with Gasteiger partial charge >= 0.3 is 0 Å². The molecule has 1 unspecified atom stereocenters. The van der Waals surface area contributed by atoms with Crippen LogP contribution in [0.25, 0.3) is 0 Å². The molecule has 0 heterocycles. The van der Waals surface area contributed by atoms with Crippen LogP contribution >= 0.6 is 0 Å². The second-order valence-corrected chi connectivity index (χ2v) is 10.2. The highest BCUT2D eigenvalue weighted by molar-refractivity contribution is 5.28. The van der Waals surface area contributed by atoms with Gasteiger partial charge in [0.15, 0.2) is 0 Å². The fourth-order valence-corrected chi connectivity index (χ4v) is 4.79. The molecule has 0 amide bonds. The molecule has 0 saturated heterocycles. The van der Waals surface area contributed by atoms with Gasteiger partial charge in [-0.3, -0.25) is 4.90 Å². The van der Waals surface area contributed by atoms with Crippen LogP contribution < -0.4 is 4.74 Å². The molecule has 0 aliphatic heterocycles. The first-order valence-corrected chi connectivity index (χ1v) is 14.1. The molecule has 0 aliphatic rings. The number of hydrogen-bond donors (Lipinski definition) is 2. The molecule has 0 saturated carbocycles. The topological polar surface area (TPSA) is 62.2 Å². The average molecular weight is 540 g/mol. The zero-order valence-electron chi connectivity index (χ0n) is 23.3. The minimum absolute atomic E-state index is 0.0986. The molecule has 4 rings (SSSR count). The van der Waals surface area contributed by atoms with Crippen molar-refractivity contribution in [3.8, 4) is 5.75 Å². The Morgan fingerprint density at radius 3 is 1.68 bits per heavy atom. The van der Waals surface area contributed by atoms with Gasteiger partial charge in [-0.15, -0.1) is 0 Å². The molecule has 0 aromatic heterocycles. The lowest BCUT2D eigenvalue weighted by molar-refractivity contribution is 0.0480. The molecule has 0 bridgehead atoms. The molecule has 0 aliphatic carbocycles. The van der Waals surface area contributed by atoms with Crippen LogP contribution in [-0.4, -0.2) is 54.1 Å². The smallest absolute Gasteiger partial charge is 0.119 e. The number of aliphatic hydroxyl groups is 2. The number of benzene rings is 4. The van der Waals surface area contributed by atoms with Crippen LogP contribution in [0.5, 0.6) is 5.75 Å². The number of rotatable bonds is 16. The highest BCUT2D eigenvalue weighted by atomic mass is 16.5. The zero-order valence-corrected chi connectivity index (χ0v) is 23.3. The van der Waals surface area contributed by atoms with Crippen LogP contribution in [0.4, 0.5) is 0 Å². The molecule has 210 valence electrons. The lowest BCUT2D eigenvalue weighted by atomic mass is 10.0. The van der Waals surface area contributed by atoms with E-state index in [0.29, 0.717) is 32.9 Å². The predicted octanol–water partition coefficient (Wildman–Crippen LogP) is 6.02. The van der Waals surface area contributed by atoms with Crippen molar-refractivity contribution in [2.75, 3.05) is 32.9 Å². The summed E-state index contributed by atoms with van der Waals surface area (Å²) in [4.78, 5) is 2.17. The van der Waals surface area contributed by atoms with Crippen molar-refractivity contribution in [1.29, 1.82) is 0 Å². The van der Waals surface area contributed by atoms with Crippen LogP contribution in [0.15, 0.2) is 115 Å². The van der Waals surface area contributed by atoms with Crippen molar-refractivity contribution >= 4 is 0 Å². The van der Waals surface area contributed by atoms with Gasteiger partial charge in [0.2, 0.25) is 0 Å². The largest absolute Gasteiger partial charge is 0.491 e. The summed E-state index contributed by atoms with van der Waals surface area (Å²) in [5.41, 5.74) is 4.20. The summed E-state index contributed by atoms with van der Waals surface area (Å²) in [6.07, 6.45) is 0.399. The van der Waals surface area contributed by atoms with Crippen molar-refractivity contribution < 1.29 is 19.7 Å². The highest BCUT2D eigenvalue weighted by Gasteiger charge is 2.22. The van der Waals surface area contributed by atoms with E-state index < -0.39 is 12.2 Å². The molecule has 4 aromatic carbocycles. The fraction of sp³-hybridized carbons (Fsp3) is 0.314. The summed E-state index contributed by atoms with van der Waals surface area (Å²) in [6.45, 7) is 4.74. The third-order valence-electron chi connectivity index (χ3n) is 7.14. The van der Waals surface area contributed by atoms with E-state index in [9.17, 15) is 10.2 Å². The monoisotopic (exact) mass is 539 g/mol. The second kappa shape index (κ2) is 15.9. The van der Waals surface area contributed by atoms with Crippen LogP contribution in [0, 0.1) is 0 Å². The van der Waals surface area contributed by atoms with E-state index in [1.54, 1.807) is 0 Å². The number of ether oxygens (including phenoxy) is 2. The van der Waals surface area contributed by atoms with Crippen molar-refractivity contribution in [1.82, 2.24) is 4.90 Å². The molecule has 5 heteroatoms. The van der Waals surface area contributed by atoms with Gasteiger partial charge in [0.25, 0.3) is 0 Å². The van der Waals surface area contributed by atoms with Gasteiger partial charge in [-0.05, 0) is 54.2 Å². The van der Waals surface area contributed by atoms with Crippen molar-refractivity contribution in [3.05, 3.63) is 138 Å². The Balaban J connectivity index is 1.28.